The summed E-state index contributed by atoms with van der Waals surface area (Å²) < 4.78 is 10.6. The maximum absolute atomic E-state index is 12.3. The zero-order valence-corrected chi connectivity index (χ0v) is 13.9. The second kappa shape index (κ2) is 6.74. The fourth-order valence-corrected chi connectivity index (χ4v) is 2.24. The number of carbonyl (C=O) groups excluding carboxylic acids is 1. The van der Waals surface area contributed by atoms with Crippen molar-refractivity contribution < 1.29 is 14.3 Å². The van der Waals surface area contributed by atoms with Crippen molar-refractivity contribution >= 4 is 17.5 Å². The van der Waals surface area contributed by atoms with Gasteiger partial charge in [0, 0.05) is 23.5 Å². The largest absolute Gasteiger partial charge is 0.454 e. The van der Waals surface area contributed by atoms with E-state index in [9.17, 15) is 4.79 Å². The van der Waals surface area contributed by atoms with Gasteiger partial charge in [0.15, 0.2) is 11.5 Å². The van der Waals surface area contributed by atoms with Gasteiger partial charge in [0.25, 0.3) is 5.91 Å². The topological polar surface area (TPSA) is 85.4 Å². The average molecular weight is 328 g/mol. The molecule has 2 N–H and O–H groups in total. The molecule has 1 atom stereocenters. The number of ether oxygens (including phenoxy) is 2. The average Bonchev–Trinajstić information content (AvgIpc) is 3.01. The van der Waals surface area contributed by atoms with Crippen LogP contribution in [0.3, 0.4) is 0 Å². The number of aromatic nitrogens is 2. The zero-order valence-electron chi connectivity index (χ0n) is 13.9. The highest BCUT2D eigenvalue weighted by atomic mass is 16.7. The number of anilines is 2. The molecule has 2 aromatic rings. The summed E-state index contributed by atoms with van der Waals surface area (Å²) in [7, 11) is 0. The van der Waals surface area contributed by atoms with Gasteiger partial charge in [-0.2, -0.15) is 0 Å². The number of fused-ring (bicyclic) bond motifs is 1. The van der Waals surface area contributed by atoms with Crippen molar-refractivity contribution in [3.63, 3.8) is 0 Å². The van der Waals surface area contributed by atoms with Crippen LogP contribution in [-0.4, -0.2) is 28.7 Å². The standard InChI is InChI=1S/C17H20N4O3/c1-4-10(2)18-16(22)13-7-11(3)19-17(21-13)20-12-5-6-14-15(8-12)24-9-23-14/h5-8,10H,4,9H2,1-3H3,(H,18,22)(H,19,20,21). The maximum atomic E-state index is 12.3. The Hall–Kier alpha value is -2.83. The summed E-state index contributed by atoms with van der Waals surface area (Å²) in [4.78, 5) is 20.9. The van der Waals surface area contributed by atoms with E-state index in [2.05, 4.69) is 20.6 Å². The molecule has 0 saturated carbocycles. The summed E-state index contributed by atoms with van der Waals surface area (Å²) in [6.45, 7) is 6.02. The number of rotatable bonds is 5. The van der Waals surface area contributed by atoms with Crippen LogP contribution in [0.25, 0.3) is 0 Å². The van der Waals surface area contributed by atoms with Crippen molar-refractivity contribution in [3.8, 4) is 11.5 Å². The van der Waals surface area contributed by atoms with Crippen molar-refractivity contribution in [1.29, 1.82) is 0 Å². The Morgan fingerprint density at radius 1 is 1.25 bits per heavy atom. The van der Waals surface area contributed by atoms with Crippen LogP contribution in [0.5, 0.6) is 11.5 Å². The van der Waals surface area contributed by atoms with Crippen LogP contribution in [0.2, 0.25) is 0 Å². The molecular weight excluding hydrogens is 308 g/mol. The Bertz CT molecular complexity index is 763. The monoisotopic (exact) mass is 328 g/mol. The minimum Gasteiger partial charge on any atom is -0.454 e. The Balaban J connectivity index is 1.80. The highest BCUT2D eigenvalue weighted by Gasteiger charge is 2.15. The molecule has 1 aromatic carbocycles. The third kappa shape index (κ3) is 3.56. The molecule has 1 aliphatic rings. The Morgan fingerprint density at radius 2 is 2.04 bits per heavy atom. The first kappa shape index (κ1) is 16.0. The molecule has 0 bridgehead atoms. The van der Waals surface area contributed by atoms with Gasteiger partial charge in [0.1, 0.15) is 5.69 Å². The lowest BCUT2D eigenvalue weighted by atomic mass is 10.2. The molecule has 1 aromatic heterocycles. The van der Waals surface area contributed by atoms with Gasteiger partial charge in [-0.25, -0.2) is 9.97 Å². The Kier molecular flexibility index (Phi) is 4.50. The lowest BCUT2D eigenvalue weighted by Gasteiger charge is -2.12. The quantitative estimate of drug-likeness (QED) is 0.878. The highest BCUT2D eigenvalue weighted by molar-refractivity contribution is 5.92. The molecule has 0 saturated heterocycles. The summed E-state index contributed by atoms with van der Waals surface area (Å²) in [6, 6.07) is 7.24. The van der Waals surface area contributed by atoms with Crippen LogP contribution >= 0.6 is 0 Å². The zero-order chi connectivity index (χ0) is 17.1. The SMILES string of the molecule is CCC(C)NC(=O)c1cc(C)nc(Nc2ccc3c(c2)OCO3)n1. The number of benzene rings is 1. The molecule has 0 fully saturated rings. The number of hydrogen-bond donors (Lipinski definition) is 2. The summed E-state index contributed by atoms with van der Waals surface area (Å²) in [5.74, 6) is 1.54. The lowest BCUT2D eigenvalue weighted by Crippen LogP contribution is -2.32. The number of carbonyl (C=O) groups is 1. The number of amides is 1. The number of nitrogens with zero attached hydrogens (tertiary/aromatic N) is 2. The molecule has 24 heavy (non-hydrogen) atoms. The minimum absolute atomic E-state index is 0.0954. The van der Waals surface area contributed by atoms with E-state index in [1.165, 1.54) is 0 Å². The van der Waals surface area contributed by atoms with Crippen LogP contribution in [-0.2, 0) is 0 Å². The van der Waals surface area contributed by atoms with E-state index in [1.54, 1.807) is 6.07 Å². The summed E-state index contributed by atoms with van der Waals surface area (Å²) in [5, 5.41) is 6.00. The van der Waals surface area contributed by atoms with Crippen molar-refractivity contribution in [2.75, 3.05) is 12.1 Å². The predicted molar refractivity (Wildman–Crippen MR) is 89.8 cm³/mol. The van der Waals surface area contributed by atoms with Gasteiger partial charge in [0.05, 0.1) is 0 Å². The maximum Gasteiger partial charge on any atom is 0.270 e. The van der Waals surface area contributed by atoms with Gasteiger partial charge in [-0.1, -0.05) is 6.92 Å². The molecule has 0 radical (unpaired) electrons. The minimum atomic E-state index is -0.205. The molecule has 1 amide bonds. The van der Waals surface area contributed by atoms with Crippen molar-refractivity contribution in [1.82, 2.24) is 15.3 Å². The number of nitrogens with one attached hydrogen (secondary N) is 2. The summed E-state index contributed by atoms with van der Waals surface area (Å²) in [6.07, 6.45) is 0.859. The molecule has 0 aliphatic carbocycles. The summed E-state index contributed by atoms with van der Waals surface area (Å²) >= 11 is 0. The molecule has 1 aliphatic heterocycles. The van der Waals surface area contributed by atoms with Crippen LogP contribution in [0, 0.1) is 6.92 Å². The van der Waals surface area contributed by atoms with Gasteiger partial charge in [-0.3, -0.25) is 4.79 Å². The second-order valence-corrected chi connectivity index (χ2v) is 5.69. The van der Waals surface area contributed by atoms with Gasteiger partial charge in [-0.15, -0.1) is 0 Å². The fourth-order valence-electron chi connectivity index (χ4n) is 2.24. The van der Waals surface area contributed by atoms with E-state index in [-0.39, 0.29) is 18.7 Å². The lowest BCUT2D eigenvalue weighted by molar-refractivity contribution is 0.0934. The predicted octanol–water partition coefficient (Wildman–Crippen LogP) is 2.79. The molecule has 7 heteroatoms. The van der Waals surface area contributed by atoms with Crippen molar-refractivity contribution in [2.24, 2.45) is 0 Å². The molecular formula is C17H20N4O3. The van der Waals surface area contributed by atoms with Gasteiger partial charge in [0.2, 0.25) is 12.7 Å². The molecule has 3 rings (SSSR count). The first-order valence-corrected chi connectivity index (χ1v) is 7.88. The van der Waals surface area contributed by atoms with E-state index in [0.29, 0.717) is 28.8 Å². The molecule has 1 unspecified atom stereocenters. The van der Waals surface area contributed by atoms with Crippen LogP contribution in [0.1, 0.15) is 36.5 Å². The van der Waals surface area contributed by atoms with Crippen molar-refractivity contribution in [2.45, 2.75) is 33.2 Å². The van der Waals surface area contributed by atoms with E-state index >= 15 is 0 Å². The fraction of sp³-hybridized carbons (Fsp3) is 0.353. The van der Waals surface area contributed by atoms with E-state index in [0.717, 1.165) is 12.1 Å². The number of aryl methyl sites for hydroxylation is 1. The van der Waals surface area contributed by atoms with Crippen LogP contribution < -0.4 is 20.1 Å². The van der Waals surface area contributed by atoms with Crippen molar-refractivity contribution in [3.05, 3.63) is 35.7 Å². The van der Waals surface area contributed by atoms with Gasteiger partial charge >= 0.3 is 0 Å². The Morgan fingerprint density at radius 3 is 2.83 bits per heavy atom. The van der Waals surface area contributed by atoms with E-state index in [1.807, 2.05) is 39.0 Å². The van der Waals surface area contributed by atoms with Gasteiger partial charge in [-0.05, 0) is 38.5 Å². The molecule has 126 valence electrons. The smallest absolute Gasteiger partial charge is 0.270 e. The number of hydrogen-bond acceptors (Lipinski definition) is 6. The molecule has 2 heterocycles. The van der Waals surface area contributed by atoms with E-state index < -0.39 is 0 Å². The third-order valence-electron chi connectivity index (χ3n) is 3.71. The molecule has 7 nitrogen and oxygen atoms in total. The van der Waals surface area contributed by atoms with Crippen LogP contribution in [0.4, 0.5) is 11.6 Å². The molecule has 0 spiro atoms. The first-order chi connectivity index (χ1) is 11.5. The summed E-state index contributed by atoms with van der Waals surface area (Å²) in [5.41, 5.74) is 1.81. The first-order valence-electron chi connectivity index (χ1n) is 7.88. The highest BCUT2D eigenvalue weighted by Crippen LogP contribution is 2.34. The van der Waals surface area contributed by atoms with Gasteiger partial charge < -0.3 is 20.1 Å². The van der Waals surface area contributed by atoms with E-state index in [4.69, 9.17) is 9.47 Å². The van der Waals surface area contributed by atoms with Crippen LogP contribution in [0.15, 0.2) is 24.3 Å². The normalized spacial score (nSPS) is 13.5. The Labute approximate surface area is 140 Å². The second-order valence-electron chi connectivity index (χ2n) is 5.69. The third-order valence-corrected chi connectivity index (χ3v) is 3.71.